The quantitative estimate of drug-likeness (QED) is 0.672. The maximum atomic E-state index is 11.3. The van der Waals surface area contributed by atoms with Crippen LogP contribution in [0.5, 0.6) is 5.75 Å². The molecular formula is C11H14O3. The lowest BCUT2D eigenvalue weighted by Gasteiger charge is -2.03. The van der Waals surface area contributed by atoms with Gasteiger partial charge in [-0.05, 0) is 31.2 Å². The molecule has 0 saturated carbocycles. The molecule has 76 valence electrons. The molecule has 0 amide bonds. The van der Waals surface area contributed by atoms with E-state index in [1.165, 1.54) is 7.11 Å². The van der Waals surface area contributed by atoms with Gasteiger partial charge in [-0.15, -0.1) is 0 Å². The van der Waals surface area contributed by atoms with Crippen LogP contribution < -0.4 is 4.74 Å². The van der Waals surface area contributed by atoms with Crippen molar-refractivity contribution < 1.29 is 14.3 Å². The highest BCUT2D eigenvalue weighted by Crippen LogP contribution is 2.12. The molecule has 0 unspecified atom stereocenters. The highest BCUT2D eigenvalue weighted by Gasteiger charge is 2.04. The Morgan fingerprint density at radius 3 is 2.43 bits per heavy atom. The zero-order chi connectivity index (χ0) is 10.4. The molecule has 0 spiro atoms. The fourth-order valence-corrected chi connectivity index (χ4v) is 1.12. The maximum absolute atomic E-state index is 11.3. The van der Waals surface area contributed by atoms with Crippen LogP contribution in [0.1, 0.15) is 17.3 Å². The van der Waals surface area contributed by atoms with Gasteiger partial charge in [-0.2, -0.15) is 0 Å². The summed E-state index contributed by atoms with van der Waals surface area (Å²) in [6.07, 6.45) is 0. The van der Waals surface area contributed by atoms with Crippen LogP contribution in [0.15, 0.2) is 24.3 Å². The largest absolute Gasteiger partial charge is 0.494 e. The van der Waals surface area contributed by atoms with Crippen molar-refractivity contribution in [2.24, 2.45) is 0 Å². The second-order valence-corrected chi connectivity index (χ2v) is 2.81. The lowest BCUT2D eigenvalue weighted by atomic mass is 10.1. The summed E-state index contributed by atoms with van der Waals surface area (Å²) in [4.78, 5) is 11.3. The van der Waals surface area contributed by atoms with Crippen molar-refractivity contribution in [2.45, 2.75) is 6.92 Å². The lowest BCUT2D eigenvalue weighted by molar-refractivity contribution is 0.0848. The molecule has 1 aromatic rings. The third-order valence-electron chi connectivity index (χ3n) is 1.76. The summed E-state index contributed by atoms with van der Waals surface area (Å²) in [7, 11) is 1.51. The molecule has 1 aromatic carbocycles. The van der Waals surface area contributed by atoms with E-state index in [4.69, 9.17) is 9.47 Å². The van der Waals surface area contributed by atoms with Gasteiger partial charge in [0.25, 0.3) is 0 Å². The molecule has 0 aliphatic rings. The van der Waals surface area contributed by atoms with Crippen LogP contribution in [0.2, 0.25) is 0 Å². The SMILES string of the molecule is CCOc1ccc(C(=O)COC)cc1. The maximum Gasteiger partial charge on any atom is 0.188 e. The van der Waals surface area contributed by atoms with E-state index in [0.717, 1.165) is 5.75 Å². The van der Waals surface area contributed by atoms with Crippen molar-refractivity contribution >= 4 is 5.78 Å². The first kappa shape index (κ1) is 10.7. The van der Waals surface area contributed by atoms with Crippen LogP contribution >= 0.6 is 0 Å². The van der Waals surface area contributed by atoms with E-state index in [1.54, 1.807) is 24.3 Å². The first-order valence-corrected chi connectivity index (χ1v) is 4.53. The number of benzene rings is 1. The summed E-state index contributed by atoms with van der Waals surface area (Å²) < 4.78 is 10.0. The molecule has 1 rings (SSSR count). The molecular weight excluding hydrogens is 180 g/mol. The predicted molar refractivity (Wildman–Crippen MR) is 53.8 cm³/mol. The average molecular weight is 194 g/mol. The number of hydrogen-bond donors (Lipinski definition) is 0. The number of ketones is 1. The summed E-state index contributed by atoms with van der Waals surface area (Å²) in [5.74, 6) is 0.761. The summed E-state index contributed by atoms with van der Waals surface area (Å²) in [6.45, 7) is 2.67. The first-order valence-electron chi connectivity index (χ1n) is 4.53. The molecule has 0 heterocycles. The number of Topliss-reactive ketones (excluding diaryl/α,β-unsaturated/α-hetero) is 1. The Balaban J connectivity index is 2.67. The van der Waals surface area contributed by atoms with E-state index in [-0.39, 0.29) is 12.4 Å². The molecule has 14 heavy (non-hydrogen) atoms. The van der Waals surface area contributed by atoms with Gasteiger partial charge in [0.15, 0.2) is 5.78 Å². The molecule has 0 bridgehead atoms. The van der Waals surface area contributed by atoms with Crippen molar-refractivity contribution in [3.63, 3.8) is 0 Å². The van der Waals surface area contributed by atoms with Crippen LogP contribution in [0.25, 0.3) is 0 Å². The summed E-state index contributed by atoms with van der Waals surface area (Å²) in [5.41, 5.74) is 0.648. The molecule has 3 heteroatoms. The van der Waals surface area contributed by atoms with E-state index in [0.29, 0.717) is 12.2 Å². The Hall–Kier alpha value is -1.35. The van der Waals surface area contributed by atoms with E-state index in [1.807, 2.05) is 6.92 Å². The summed E-state index contributed by atoms with van der Waals surface area (Å²) in [6, 6.07) is 7.05. The van der Waals surface area contributed by atoms with Gasteiger partial charge < -0.3 is 9.47 Å². The fraction of sp³-hybridized carbons (Fsp3) is 0.364. The van der Waals surface area contributed by atoms with Crippen LogP contribution in [-0.2, 0) is 4.74 Å². The molecule has 0 saturated heterocycles. The van der Waals surface area contributed by atoms with Gasteiger partial charge in [0, 0.05) is 12.7 Å². The molecule has 0 radical (unpaired) electrons. The van der Waals surface area contributed by atoms with Gasteiger partial charge in [0.05, 0.1) is 6.61 Å². The Morgan fingerprint density at radius 2 is 1.93 bits per heavy atom. The van der Waals surface area contributed by atoms with E-state index >= 15 is 0 Å². The third kappa shape index (κ3) is 2.85. The number of carbonyl (C=O) groups is 1. The van der Waals surface area contributed by atoms with Gasteiger partial charge in [-0.3, -0.25) is 4.79 Å². The predicted octanol–water partition coefficient (Wildman–Crippen LogP) is 1.91. The average Bonchev–Trinajstić information content (AvgIpc) is 2.20. The number of carbonyl (C=O) groups excluding carboxylic acids is 1. The number of hydrogen-bond acceptors (Lipinski definition) is 3. The van der Waals surface area contributed by atoms with Crippen molar-refractivity contribution in [1.29, 1.82) is 0 Å². The summed E-state index contributed by atoms with van der Waals surface area (Å²) >= 11 is 0. The lowest BCUT2D eigenvalue weighted by Crippen LogP contribution is -2.06. The van der Waals surface area contributed by atoms with Crippen LogP contribution in [0.3, 0.4) is 0 Å². The van der Waals surface area contributed by atoms with E-state index < -0.39 is 0 Å². The van der Waals surface area contributed by atoms with Gasteiger partial charge in [-0.1, -0.05) is 0 Å². The third-order valence-corrected chi connectivity index (χ3v) is 1.76. The minimum atomic E-state index is -0.0180. The highest BCUT2D eigenvalue weighted by molar-refractivity contribution is 5.97. The fourth-order valence-electron chi connectivity index (χ4n) is 1.12. The molecule has 0 aliphatic carbocycles. The normalized spacial score (nSPS) is 9.86. The topological polar surface area (TPSA) is 35.5 Å². The Kier molecular flexibility index (Phi) is 4.13. The molecule has 3 nitrogen and oxygen atoms in total. The highest BCUT2D eigenvalue weighted by atomic mass is 16.5. The van der Waals surface area contributed by atoms with Gasteiger partial charge in [-0.25, -0.2) is 0 Å². The minimum Gasteiger partial charge on any atom is -0.494 e. The first-order chi connectivity index (χ1) is 6.77. The van der Waals surface area contributed by atoms with Crippen molar-refractivity contribution in [2.75, 3.05) is 20.3 Å². The second-order valence-electron chi connectivity index (χ2n) is 2.81. The Morgan fingerprint density at radius 1 is 1.29 bits per heavy atom. The van der Waals surface area contributed by atoms with Crippen molar-refractivity contribution in [3.05, 3.63) is 29.8 Å². The van der Waals surface area contributed by atoms with E-state index in [9.17, 15) is 4.79 Å². The van der Waals surface area contributed by atoms with Gasteiger partial charge >= 0.3 is 0 Å². The zero-order valence-corrected chi connectivity index (χ0v) is 8.45. The molecule has 0 atom stereocenters. The zero-order valence-electron chi connectivity index (χ0n) is 8.45. The minimum absolute atomic E-state index is 0.0180. The smallest absolute Gasteiger partial charge is 0.188 e. The number of rotatable bonds is 5. The molecule has 0 N–H and O–H groups in total. The van der Waals surface area contributed by atoms with Crippen LogP contribution in [0, 0.1) is 0 Å². The second kappa shape index (κ2) is 5.40. The van der Waals surface area contributed by atoms with Crippen LogP contribution in [-0.4, -0.2) is 26.1 Å². The Labute approximate surface area is 83.6 Å². The van der Waals surface area contributed by atoms with Crippen LogP contribution in [0.4, 0.5) is 0 Å². The summed E-state index contributed by atoms with van der Waals surface area (Å²) in [5, 5.41) is 0. The number of ether oxygens (including phenoxy) is 2. The Bertz CT molecular complexity index is 290. The molecule has 0 aliphatic heterocycles. The van der Waals surface area contributed by atoms with Crippen molar-refractivity contribution in [1.82, 2.24) is 0 Å². The van der Waals surface area contributed by atoms with Crippen molar-refractivity contribution in [3.8, 4) is 5.75 Å². The van der Waals surface area contributed by atoms with Gasteiger partial charge in [0.2, 0.25) is 0 Å². The molecule has 0 fully saturated rings. The van der Waals surface area contributed by atoms with E-state index in [2.05, 4.69) is 0 Å². The van der Waals surface area contributed by atoms with Gasteiger partial charge in [0.1, 0.15) is 12.4 Å². The monoisotopic (exact) mass is 194 g/mol. The number of methoxy groups -OCH3 is 1. The standard InChI is InChI=1S/C11H14O3/c1-3-14-10-6-4-9(5-7-10)11(12)8-13-2/h4-7H,3,8H2,1-2H3. The molecule has 0 aromatic heterocycles.